The number of thiazole rings is 1. The molecule has 7 nitrogen and oxygen atoms in total. The first-order valence-electron chi connectivity index (χ1n) is 7.97. The van der Waals surface area contributed by atoms with Crippen molar-refractivity contribution in [2.24, 2.45) is 0 Å². The van der Waals surface area contributed by atoms with Crippen LogP contribution in [0.1, 0.15) is 5.56 Å². The van der Waals surface area contributed by atoms with Gasteiger partial charge >= 0.3 is 0 Å². The molecule has 132 valence electrons. The number of likely N-dealkylation sites (N-methyl/N-ethyl adjacent to an activating group) is 1. The fraction of sp³-hybridized carbons (Fsp3) is 0.0556. The van der Waals surface area contributed by atoms with Crippen LogP contribution >= 0.6 is 27.3 Å². The maximum Gasteiger partial charge on any atom is 0.291 e. The van der Waals surface area contributed by atoms with E-state index in [1.807, 2.05) is 24.3 Å². The predicted octanol–water partition coefficient (Wildman–Crippen LogP) is 1.87. The standard InChI is InChI=1S/C18H10BrN5O2S/c1-23-12-5-4-10(19)7-11(12)13(16(23)25)14-17(26)24-18(27-14)21-15(22-24)9-3-2-6-20-8-9/h2-8H,1H3/b14-13-. The van der Waals surface area contributed by atoms with E-state index >= 15 is 0 Å². The topological polar surface area (TPSA) is 80.5 Å². The van der Waals surface area contributed by atoms with Crippen molar-refractivity contribution < 1.29 is 4.79 Å². The summed E-state index contributed by atoms with van der Waals surface area (Å²) in [7, 11) is 1.70. The highest BCUT2D eigenvalue weighted by atomic mass is 79.9. The third-order valence-corrected chi connectivity index (χ3v) is 5.93. The number of aromatic nitrogens is 4. The normalized spacial score (nSPS) is 15.6. The number of nitrogens with zero attached hydrogens (tertiary/aromatic N) is 5. The predicted molar refractivity (Wildman–Crippen MR) is 106 cm³/mol. The lowest BCUT2D eigenvalue weighted by molar-refractivity contribution is -0.112. The Bertz CT molecular complexity index is 1350. The lowest BCUT2D eigenvalue weighted by Crippen LogP contribution is -2.30. The summed E-state index contributed by atoms with van der Waals surface area (Å²) in [4.78, 5) is 36.2. The van der Waals surface area contributed by atoms with Gasteiger partial charge in [-0.25, -0.2) is 0 Å². The van der Waals surface area contributed by atoms with Gasteiger partial charge in [0, 0.05) is 35.0 Å². The average Bonchev–Trinajstić information content (AvgIpc) is 3.29. The number of carbonyl (C=O) groups is 1. The van der Waals surface area contributed by atoms with Crippen LogP contribution in [0.4, 0.5) is 5.69 Å². The van der Waals surface area contributed by atoms with Crippen LogP contribution in [0.25, 0.3) is 21.9 Å². The Hall–Kier alpha value is -2.91. The van der Waals surface area contributed by atoms with Crippen molar-refractivity contribution in [1.82, 2.24) is 19.6 Å². The highest BCUT2D eigenvalue weighted by Crippen LogP contribution is 2.36. The van der Waals surface area contributed by atoms with Crippen molar-refractivity contribution in [2.45, 2.75) is 0 Å². The van der Waals surface area contributed by atoms with Gasteiger partial charge in [0.1, 0.15) is 4.53 Å². The number of amides is 1. The number of anilines is 1. The lowest BCUT2D eigenvalue weighted by Gasteiger charge is -2.08. The molecule has 0 unspecified atom stereocenters. The smallest absolute Gasteiger partial charge is 0.291 e. The van der Waals surface area contributed by atoms with Crippen LogP contribution in [0.3, 0.4) is 0 Å². The van der Waals surface area contributed by atoms with Crippen molar-refractivity contribution in [3.05, 3.63) is 67.6 Å². The van der Waals surface area contributed by atoms with Crippen LogP contribution in [-0.4, -0.2) is 32.5 Å². The molecule has 9 heteroatoms. The molecule has 0 bridgehead atoms. The summed E-state index contributed by atoms with van der Waals surface area (Å²) in [5.74, 6) is 0.221. The number of hydrogen-bond donors (Lipinski definition) is 0. The first-order valence-corrected chi connectivity index (χ1v) is 9.58. The van der Waals surface area contributed by atoms with Gasteiger partial charge in [-0.05, 0) is 30.3 Å². The Kier molecular flexibility index (Phi) is 3.49. The molecule has 1 aliphatic rings. The summed E-state index contributed by atoms with van der Waals surface area (Å²) in [6.45, 7) is 0. The van der Waals surface area contributed by atoms with E-state index < -0.39 is 0 Å². The Morgan fingerprint density at radius 1 is 1.19 bits per heavy atom. The molecular formula is C18H10BrN5O2S. The van der Waals surface area contributed by atoms with Crippen LogP contribution in [0.2, 0.25) is 0 Å². The summed E-state index contributed by atoms with van der Waals surface area (Å²) >= 11 is 4.60. The second-order valence-electron chi connectivity index (χ2n) is 6.01. The van der Waals surface area contributed by atoms with Crippen LogP contribution < -0.4 is 15.0 Å². The van der Waals surface area contributed by atoms with E-state index in [4.69, 9.17) is 0 Å². The average molecular weight is 440 g/mol. The fourth-order valence-corrected chi connectivity index (χ4v) is 4.47. The van der Waals surface area contributed by atoms with Gasteiger partial charge in [-0.15, -0.1) is 5.10 Å². The molecule has 5 rings (SSSR count). The maximum atomic E-state index is 13.0. The lowest BCUT2D eigenvalue weighted by atomic mass is 10.1. The van der Waals surface area contributed by atoms with Crippen molar-refractivity contribution in [3.63, 3.8) is 0 Å². The molecule has 0 saturated heterocycles. The van der Waals surface area contributed by atoms with Gasteiger partial charge in [-0.3, -0.25) is 14.6 Å². The van der Waals surface area contributed by atoms with E-state index in [9.17, 15) is 9.59 Å². The van der Waals surface area contributed by atoms with Crippen LogP contribution in [-0.2, 0) is 4.79 Å². The second kappa shape index (κ2) is 5.80. The molecule has 0 N–H and O–H groups in total. The van der Waals surface area contributed by atoms with Gasteiger partial charge in [0.2, 0.25) is 4.96 Å². The van der Waals surface area contributed by atoms with Crippen molar-refractivity contribution in [2.75, 3.05) is 11.9 Å². The molecule has 0 saturated carbocycles. The minimum atomic E-state index is -0.345. The number of rotatable bonds is 1. The van der Waals surface area contributed by atoms with E-state index in [0.29, 0.717) is 20.9 Å². The van der Waals surface area contributed by atoms with Gasteiger partial charge in [-0.1, -0.05) is 27.3 Å². The molecule has 1 aliphatic heterocycles. The summed E-state index contributed by atoms with van der Waals surface area (Å²) in [6, 6.07) is 9.18. The van der Waals surface area contributed by atoms with Crippen LogP contribution in [0.15, 0.2) is 52.0 Å². The minimum Gasteiger partial charge on any atom is -0.311 e. The van der Waals surface area contributed by atoms with E-state index in [-0.39, 0.29) is 11.5 Å². The van der Waals surface area contributed by atoms with Gasteiger partial charge in [0.15, 0.2) is 5.82 Å². The van der Waals surface area contributed by atoms with Gasteiger partial charge in [-0.2, -0.15) is 9.50 Å². The fourth-order valence-electron chi connectivity index (χ4n) is 3.12. The maximum absolute atomic E-state index is 13.0. The second-order valence-corrected chi connectivity index (χ2v) is 7.90. The molecule has 1 amide bonds. The van der Waals surface area contributed by atoms with Gasteiger partial charge in [0.05, 0.1) is 11.3 Å². The summed E-state index contributed by atoms with van der Waals surface area (Å²) in [5.41, 5.74) is 2.27. The van der Waals surface area contributed by atoms with Gasteiger partial charge in [0.25, 0.3) is 11.5 Å². The highest BCUT2D eigenvalue weighted by molar-refractivity contribution is 9.10. The molecule has 27 heavy (non-hydrogen) atoms. The quantitative estimate of drug-likeness (QED) is 0.452. The number of hydrogen-bond acceptors (Lipinski definition) is 6. The molecule has 4 heterocycles. The number of fused-ring (bicyclic) bond motifs is 2. The summed E-state index contributed by atoms with van der Waals surface area (Å²) in [6.07, 6.45) is 3.30. The van der Waals surface area contributed by atoms with E-state index in [2.05, 4.69) is 31.0 Å². The largest absolute Gasteiger partial charge is 0.311 e. The molecule has 0 radical (unpaired) electrons. The van der Waals surface area contributed by atoms with Crippen molar-refractivity contribution in [1.29, 1.82) is 0 Å². The molecule has 0 aliphatic carbocycles. The van der Waals surface area contributed by atoms with E-state index in [1.165, 1.54) is 15.9 Å². The Morgan fingerprint density at radius 2 is 2.04 bits per heavy atom. The SMILES string of the molecule is CN1C(=O)/C(=c2\sc3nc(-c4cccnc4)nn3c2=O)c2cc(Br)ccc21. The molecule has 1 aromatic carbocycles. The Balaban J connectivity index is 1.78. The number of carbonyl (C=O) groups excluding carboxylic acids is 1. The number of halogens is 1. The zero-order chi connectivity index (χ0) is 18.7. The first-order chi connectivity index (χ1) is 13.0. The molecular weight excluding hydrogens is 430 g/mol. The van der Waals surface area contributed by atoms with Gasteiger partial charge < -0.3 is 4.90 Å². The molecule has 0 fully saturated rings. The molecule has 0 spiro atoms. The van der Waals surface area contributed by atoms with Crippen molar-refractivity contribution in [3.8, 4) is 11.4 Å². The van der Waals surface area contributed by atoms with Crippen LogP contribution in [0, 0.1) is 0 Å². The molecule has 0 atom stereocenters. The zero-order valence-electron chi connectivity index (χ0n) is 13.9. The monoisotopic (exact) mass is 439 g/mol. The third-order valence-electron chi connectivity index (χ3n) is 4.41. The number of pyridine rings is 1. The zero-order valence-corrected chi connectivity index (χ0v) is 16.3. The molecule has 4 aromatic rings. The van der Waals surface area contributed by atoms with E-state index in [0.717, 1.165) is 21.3 Å². The molecule has 3 aromatic heterocycles. The first kappa shape index (κ1) is 16.3. The Morgan fingerprint density at radius 3 is 2.78 bits per heavy atom. The summed E-state index contributed by atoms with van der Waals surface area (Å²) in [5, 5.41) is 4.31. The Labute approximate surface area is 164 Å². The highest BCUT2D eigenvalue weighted by Gasteiger charge is 2.32. The minimum absolute atomic E-state index is 0.211. The van der Waals surface area contributed by atoms with Crippen LogP contribution in [0.5, 0.6) is 0 Å². The third kappa shape index (κ3) is 2.35. The summed E-state index contributed by atoms with van der Waals surface area (Å²) < 4.78 is 2.43. The van der Waals surface area contributed by atoms with E-state index in [1.54, 1.807) is 30.4 Å². The van der Waals surface area contributed by atoms with Crippen molar-refractivity contribution >= 4 is 49.4 Å². The number of benzene rings is 1.